The number of nitrogens with zero attached hydrogens (tertiary/aromatic N) is 1. The van der Waals surface area contributed by atoms with Gasteiger partial charge in [-0.15, -0.1) is 0 Å². The molecule has 0 aromatic rings. The summed E-state index contributed by atoms with van der Waals surface area (Å²) >= 11 is 0. The van der Waals surface area contributed by atoms with Crippen LogP contribution in [0.15, 0.2) is 0 Å². The Morgan fingerprint density at radius 3 is 2.00 bits per heavy atom. The monoisotopic (exact) mass is 431 g/mol. The number of rotatable bonds is 7. The molecule has 174 valence electrons. The van der Waals surface area contributed by atoms with Gasteiger partial charge < -0.3 is 15.5 Å². The largest absolute Gasteiger partial charge is 0.353 e. The van der Waals surface area contributed by atoms with Crippen molar-refractivity contribution in [2.24, 2.45) is 35.0 Å². The van der Waals surface area contributed by atoms with Gasteiger partial charge in [0, 0.05) is 31.5 Å². The van der Waals surface area contributed by atoms with Crippen LogP contribution < -0.4 is 10.6 Å². The van der Waals surface area contributed by atoms with Crippen molar-refractivity contribution in [3.63, 3.8) is 0 Å². The topological polar surface area (TPSA) is 78.5 Å². The van der Waals surface area contributed by atoms with Gasteiger partial charge in [-0.3, -0.25) is 14.4 Å². The van der Waals surface area contributed by atoms with Gasteiger partial charge in [-0.1, -0.05) is 13.8 Å². The second-order valence-electron chi connectivity index (χ2n) is 11.6. The van der Waals surface area contributed by atoms with E-state index in [1.165, 1.54) is 38.5 Å². The zero-order valence-electron chi connectivity index (χ0n) is 19.6. The highest BCUT2D eigenvalue weighted by Gasteiger charge is 2.51. The fourth-order valence-electron chi connectivity index (χ4n) is 7.10. The Kier molecular flexibility index (Phi) is 6.64. The van der Waals surface area contributed by atoms with Crippen LogP contribution in [0.2, 0.25) is 0 Å². The second-order valence-corrected chi connectivity index (χ2v) is 11.6. The Bertz CT molecular complexity index is 661. The molecule has 1 saturated heterocycles. The quantitative estimate of drug-likeness (QED) is 0.650. The Labute approximate surface area is 187 Å². The predicted molar refractivity (Wildman–Crippen MR) is 120 cm³/mol. The van der Waals surface area contributed by atoms with Crippen molar-refractivity contribution >= 4 is 17.7 Å². The highest BCUT2D eigenvalue weighted by Crippen LogP contribution is 2.61. The molecule has 4 saturated carbocycles. The fraction of sp³-hybridized carbons (Fsp3) is 0.880. The maximum Gasteiger partial charge on any atom is 0.241 e. The molecular formula is C25H41N3O3. The van der Waals surface area contributed by atoms with Crippen molar-refractivity contribution in [3.05, 3.63) is 0 Å². The summed E-state index contributed by atoms with van der Waals surface area (Å²) < 4.78 is 0. The number of carbonyl (C=O) groups excluding carboxylic acids is 3. The maximum atomic E-state index is 12.7. The molecule has 4 aliphatic carbocycles. The van der Waals surface area contributed by atoms with Gasteiger partial charge in [-0.25, -0.2) is 0 Å². The van der Waals surface area contributed by atoms with Crippen molar-refractivity contribution in [3.8, 4) is 0 Å². The molecule has 1 aliphatic heterocycles. The van der Waals surface area contributed by atoms with Gasteiger partial charge in [0.25, 0.3) is 0 Å². The van der Waals surface area contributed by atoms with Gasteiger partial charge in [0.2, 0.25) is 17.7 Å². The average molecular weight is 432 g/mol. The van der Waals surface area contributed by atoms with E-state index in [-0.39, 0.29) is 41.6 Å². The Morgan fingerprint density at radius 2 is 1.48 bits per heavy atom. The Morgan fingerprint density at radius 1 is 0.935 bits per heavy atom. The number of hydrogen-bond acceptors (Lipinski definition) is 3. The van der Waals surface area contributed by atoms with Crippen LogP contribution >= 0.6 is 0 Å². The van der Waals surface area contributed by atoms with Crippen LogP contribution in [0.4, 0.5) is 0 Å². The first-order valence-electron chi connectivity index (χ1n) is 12.6. The van der Waals surface area contributed by atoms with E-state index in [4.69, 9.17) is 0 Å². The summed E-state index contributed by atoms with van der Waals surface area (Å²) in [4.78, 5) is 39.5. The lowest BCUT2D eigenvalue weighted by Crippen LogP contribution is -2.49. The van der Waals surface area contributed by atoms with E-state index in [2.05, 4.69) is 24.5 Å². The molecular weight excluding hydrogens is 390 g/mol. The lowest BCUT2D eigenvalue weighted by molar-refractivity contribution is -0.137. The molecule has 0 aromatic heterocycles. The van der Waals surface area contributed by atoms with Crippen LogP contribution in [0.3, 0.4) is 0 Å². The van der Waals surface area contributed by atoms with Crippen LogP contribution in [0, 0.1) is 35.0 Å². The minimum Gasteiger partial charge on any atom is -0.353 e. The normalized spacial score (nSPS) is 33.4. The fourth-order valence-corrected chi connectivity index (χ4v) is 7.10. The molecule has 5 rings (SSSR count). The molecule has 1 unspecified atom stereocenters. The number of nitrogens with one attached hydrogen (secondary N) is 2. The minimum atomic E-state index is -0.0201. The lowest BCUT2D eigenvalue weighted by Gasteiger charge is -2.56. The van der Waals surface area contributed by atoms with E-state index in [0.29, 0.717) is 38.3 Å². The Balaban J connectivity index is 1.18. The molecule has 1 heterocycles. The minimum absolute atomic E-state index is 0.0177. The van der Waals surface area contributed by atoms with Gasteiger partial charge in [0.05, 0.1) is 6.54 Å². The summed E-state index contributed by atoms with van der Waals surface area (Å²) in [6.45, 7) is 7.52. The first kappa shape index (κ1) is 22.6. The molecule has 3 amide bonds. The second kappa shape index (κ2) is 9.11. The van der Waals surface area contributed by atoms with Crippen LogP contribution in [-0.4, -0.2) is 48.3 Å². The predicted octanol–water partition coefficient (Wildman–Crippen LogP) is 3.11. The van der Waals surface area contributed by atoms with Crippen LogP contribution in [0.5, 0.6) is 0 Å². The Hall–Kier alpha value is -1.59. The van der Waals surface area contributed by atoms with E-state index in [9.17, 15) is 14.4 Å². The smallest absolute Gasteiger partial charge is 0.241 e. The van der Waals surface area contributed by atoms with E-state index >= 15 is 0 Å². The van der Waals surface area contributed by atoms with Crippen molar-refractivity contribution in [1.29, 1.82) is 0 Å². The van der Waals surface area contributed by atoms with Gasteiger partial charge >= 0.3 is 0 Å². The summed E-state index contributed by atoms with van der Waals surface area (Å²) in [5, 5.41) is 6.01. The average Bonchev–Trinajstić information content (AvgIpc) is 2.70. The van der Waals surface area contributed by atoms with Gasteiger partial charge in [-0.05, 0) is 87.4 Å². The summed E-state index contributed by atoms with van der Waals surface area (Å²) in [6, 6.07) is 0.163. The summed E-state index contributed by atoms with van der Waals surface area (Å²) in [7, 11) is 0. The van der Waals surface area contributed by atoms with E-state index < -0.39 is 0 Å². The van der Waals surface area contributed by atoms with Crippen molar-refractivity contribution in [2.75, 3.05) is 19.6 Å². The lowest BCUT2D eigenvalue weighted by atomic mass is 9.49. The summed E-state index contributed by atoms with van der Waals surface area (Å²) in [5.74, 6) is 3.04. The molecule has 1 atom stereocenters. The van der Waals surface area contributed by atoms with E-state index in [1.807, 2.05) is 6.92 Å². The molecule has 31 heavy (non-hydrogen) atoms. The third-order valence-corrected chi connectivity index (χ3v) is 8.73. The highest BCUT2D eigenvalue weighted by molar-refractivity contribution is 5.85. The third kappa shape index (κ3) is 5.25. The number of likely N-dealkylation sites (tertiary alicyclic amines) is 1. The molecule has 6 heteroatoms. The molecule has 0 radical (unpaired) electrons. The number of carbonyl (C=O) groups is 3. The number of hydrogen-bond donors (Lipinski definition) is 2. The molecule has 6 nitrogen and oxygen atoms in total. The van der Waals surface area contributed by atoms with Crippen molar-refractivity contribution < 1.29 is 14.4 Å². The van der Waals surface area contributed by atoms with Crippen LogP contribution in [0.25, 0.3) is 0 Å². The van der Waals surface area contributed by atoms with Gasteiger partial charge in [0.15, 0.2) is 0 Å². The molecule has 4 bridgehead atoms. The molecule has 5 fully saturated rings. The van der Waals surface area contributed by atoms with Crippen molar-refractivity contribution in [1.82, 2.24) is 15.5 Å². The summed E-state index contributed by atoms with van der Waals surface area (Å²) in [5.41, 5.74) is 0.209. The van der Waals surface area contributed by atoms with E-state index in [0.717, 1.165) is 17.8 Å². The zero-order valence-corrected chi connectivity index (χ0v) is 19.6. The van der Waals surface area contributed by atoms with Crippen LogP contribution in [-0.2, 0) is 14.4 Å². The van der Waals surface area contributed by atoms with Crippen molar-refractivity contribution in [2.45, 2.75) is 84.6 Å². The van der Waals surface area contributed by atoms with Crippen LogP contribution in [0.1, 0.15) is 78.6 Å². The van der Waals surface area contributed by atoms with Gasteiger partial charge in [-0.2, -0.15) is 0 Å². The standard InChI is InChI=1S/C25H41N3O3/c1-16(2)17(3)27-24(31)21-4-6-28(7-5-21)23(30)15-26-22(29)14-25-11-18-8-19(12-25)10-20(9-18)13-25/h16-21H,4-15H2,1-3H3,(H,26,29)(H,27,31). The summed E-state index contributed by atoms with van der Waals surface area (Å²) in [6.07, 6.45) is 9.77. The number of piperidine rings is 1. The number of amides is 3. The van der Waals surface area contributed by atoms with E-state index in [1.54, 1.807) is 4.90 Å². The molecule has 2 N–H and O–H groups in total. The zero-order chi connectivity index (χ0) is 22.2. The SMILES string of the molecule is CC(C)C(C)NC(=O)C1CCN(C(=O)CNC(=O)CC23CC4CC(CC(C4)C2)C3)CC1. The first-order valence-corrected chi connectivity index (χ1v) is 12.6. The van der Waals surface area contributed by atoms with Gasteiger partial charge in [0.1, 0.15) is 0 Å². The maximum absolute atomic E-state index is 12.7. The highest BCUT2D eigenvalue weighted by atomic mass is 16.2. The molecule has 0 spiro atoms. The third-order valence-electron chi connectivity index (χ3n) is 8.73. The molecule has 5 aliphatic rings. The first-order chi connectivity index (χ1) is 14.7. The molecule has 0 aromatic carbocycles.